The molecule has 2 aromatic rings. The largest absolute Gasteiger partial charge is 0.378 e. The topological polar surface area (TPSA) is 92.0 Å². The quantitative estimate of drug-likeness (QED) is 0.495. The summed E-state index contributed by atoms with van der Waals surface area (Å²) < 4.78 is 10.9. The summed E-state index contributed by atoms with van der Waals surface area (Å²) in [6.07, 6.45) is 1.61. The minimum absolute atomic E-state index is 0.109. The fourth-order valence-electron chi connectivity index (χ4n) is 3.77. The molecule has 0 aliphatic carbocycles. The molecule has 1 aliphatic rings. The molecule has 1 aromatic heterocycles. The summed E-state index contributed by atoms with van der Waals surface area (Å²) in [5.41, 5.74) is 3.03. The van der Waals surface area contributed by atoms with Crippen LogP contribution in [0.4, 0.5) is 0 Å². The zero-order valence-electron chi connectivity index (χ0n) is 18.7. The molecule has 1 fully saturated rings. The number of aliphatic imine (C=N–C) groups is 1. The van der Waals surface area contributed by atoms with E-state index in [-0.39, 0.29) is 11.8 Å². The third-order valence-corrected chi connectivity index (χ3v) is 5.56. The summed E-state index contributed by atoms with van der Waals surface area (Å²) in [6.45, 7) is 7.57. The van der Waals surface area contributed by atoms with Gasteiger partial charge in [-0.2, -0.15) is 0 Å². The lowest BCUT2D eigenvalue weighted by atomic mass is 9.97. The molecule has 0 radical (unpaired) electrons. The maximum Gasteiger partial charge on any atom is 0.232 e. The normalized spacial score (nSPS) is 15.6. The van der Waals surface area contributed by atoms with Crippen LogP contribution in [0.5, 0.6) is 0 Å². The molecule has 1 unspecified atom stereocenters. The van der Waals surface area contributed by atoms with Gasteiger partial charge in [-0.3, -0.25) is 9.79 Å². The third kappa shape index (κ3) is 5.85. The molecule has 0 spiro atoms. The number of amides is 1. The van der Waals surface area contributed by atoms with E-state index in [1.54, 1.807) is 7.05 Å². The number of aryl methyl sites for hydroxylation is 2. The van der Waals surface area contributed by atoms with Gasteiger partial charge in [-0.15, -0.1) is 0 Å². The number of nitrogens with one attached hydrogen (secondary N) is 2. The van der Waals surface area contributed by atoms with Gasteiger partial charge in [-0.1, -0.05) is 49.3 Å². The number of nitrogens with zero attached hydrogens (tertiary/aromatic N) is 3. The SMILES string of the molecule is CCc1noc(CC)c1CNC(=NC)NCC(C(=O)N1CCOCC1)c1ccccc1. The fraction of sp³-hybridized carbons (Fsp3) is 0.522. The van der Waals surface area contributed by atoms with Crippen LogP contribution >= 0.6 is 0 Å². The summed E-state index contributed by atoms with van der Waals surface area (Å²) in [7, 11) is 1.73. The van der Waals surface area contributed by atoms with Crippen LogP contribution in [0.3, 0.4) is 0 Å². The van der Waals surface area contributed by atoms with Crippen molar-refractivity contribution in [1.82, 2.24) is 20.7 Å². The highest BCUT2D eigenvalue weighted by Gasteiger charge is 2.27. The van der Waals surface area contributed by atoms with Gasteiger partial charge in [0.2, 0.25) is 5.91 Å². The van der Waals surface area contributed by atoms with Crippen LogP contribution in [-0.2, 0) is 28.9 Å². The van der Waals surface area contributed by atoms with Crippen molar-refractivity contribution in [2.45, 2.75) is 39.2 Å². The number of hydrogen-bond donors (Lipinski definition) is 2. The highest BCUT2D eigenvalue weighted by Crippen LogP contribution is 2.19. The van der Waals surface area contributed by atoms with Crippen molar-refractivity contribution in [3.05, 3.63) is 52.9 Å². The number of aromatic nitrogens is 1. The van der Waals surface area contributed by atoms with Crippen molar-refractivity contribution in [2.24, 2.45) is 4.99 Å². The average molecular weight is 428 g/mol. The van der Waals surface area contributed by atoms with Crippen LogP contribution in [-0.4, -0.2) is 61.8 Å². The van der Waals surface area contributed by atoms with Gasteiger partial charge in [-0.05, 0) is 12.0 Å². The summed E-state index contributed by atoms with van der Waals surface area (Å²) in [4.78, 5) is 19.5. The number of morpholine rings is 1. The molecular weight excluding hydrogens is 394 g/mol. The second kappa shape index (κ2) is 11.5. The Kier molecular flexibility index (Phi) is 8.46. The molecular formula is C23H33N5O3. The van der Waals surface area contributed by atoms with Gasteiger partial charge in [0.15, 0.2) is 5.96 Å². The van der Waals surface area contributed by atoms with Crippen molar-refractivity contribution in [2.75, 3.05) is 39.9 Å². The van der Waals surface area contributed by atoms with E-state index in [0.29, 0.717) is 45.4 Å². The maximum atomic E-state index is 13.3. The molecule has 1 amide bonds. The summed E-state index contributed by atoms with van der Waals surface area (Å²) in [6, 6.07) is 9.89. The number of hydrogen-bond acceptors (Lipinski definition) is 5. The number of benzene rings is 1. The van der Waals surface area contributed by atoms with Gasteiger partial charge in [0.1, 0.15) is 5.76 Å². The molecule has 8 nitrogen and oxygen atoms in total. The van der Waals surface area contributed by atoms with E-state index < -0.39 is 0 Å². The summed E-state index contributed by atoms with van der Waals surface area (Å²) >= 11 is 0. The monoisotopic (exact) mass is 427 g/mol. The lowest BCUT2D eigenvalue weighted by Crippen LogP contribution is -2.47. The van der Waals surface area contributed by atoms with Crippen molar-refractivity contribution >= 4 is 11.9 Å². The van der Waals surface area contributed by atoms with E-state index >= 15 is 0 Å². The average Bonchev–Trinajstić information content (AvgIpc) is 3.24. The Morgan fingerprint density at radius 1 is 1.16 bits per heavy atom. The Labute approximate surface area is 184 Å². The van der Waals surface area contributed by atoms with Crippen LogP contribution in [0.1, 0.15) is 42.3 Å². The smallest absolute Gasteiger partial charge is 0.232 e. The Hall–Kier alpha value is -2.87. The second-order valence-electron chi connectivity index (χ2n) is 7.45. The van der Waals surface area contributed by atoms with Crippen molar-refractivity contribution in [3.63, 3.8) is 0 Å². The molecule has 3 rings (SSSR count). The highest BCUT2D eigenvalue weighted by atomic mass is 16.5. The van der Waals surface area contributed by atoms with E-state index in [1.807, 2.05) is 35.2 Å². The van der Waals surface area contributed by atoms with Crippen molar-refractivity contribution in [3.8, 4) is 0 Å². The van der Waals surface area contributed by atoms with Crippen LogP contribution < -0.4 is 10.6 Å². The first kappa shape index (κ1) is 22.8. The van der Waals surface area contributed by atoms with E-state index in [0.717, 1.165) is 35.4 Å². The van der Waals surface area contributed by atoms with Gasteiger partial charge in [0.25, 0.3) is 0 Å². The molecule has 8 heteroatoms. The number of carbonyl (C=O) groups is 1. The first-order valence-electron chi connectivity index (χ1n) is 11.0. The van der Waals surface area contributed by atoms with Gasteiger partial charge in [0.05, 0.1) is 24.8 Å². The van der Waals surface area contributed by atoms with E-state index in [9.17, 15) is 4.79 Å². The summed E-state index contributed by atoms with van der Waals surface area (Å²) in [5.74, 6) is 1.34. The predicted molar refractivity (Wildman–Crippen MR) is 120 cm³/mol. The first-order chi connectivity index (χ1) is 15.2. The molecule has 1 atom stereocenters. The fourth-order valence-corrected chi connectivity index (χ4v) is 3.77. The standard InChI is InChI=1S/C23H33N5O3/c1-4-20-19(21(5-2)31-27-20)16-26-23(24-3)25-15-18(17-9-7-6-8-10-17)22(29)28-11-13-30-14-12-28/h6-10,18H,4-5,11-16H2,1-3H3,(H2,24,25,26). The van der Waals surface area contributed by atoms with Crippen molar-refractivity contribution in [1.29, 1.82) is 0 Å². The van der Waals surface area contributed by atoms with Crippen LogP contribution in [0.2, 0.25) is 0 Å². The van der Waals surface area contributed by atoms with E-state index in [2.05, 4.69) is 34.6 Å². The van der Waals surface area contributed by atoms with Crippen LogP contribution in [0.15, 0.2) is 39.8 Å². The first-order valence-corrected chi connectivity index (χ1v) is 11.0. The number of guanidine groups is 1. The molecule has 0 bridgehead atoms. The summed E-state index contributed by atoms with van der Waals surface area (Å²) in [5, 5.41) is 10.8. The lowest BCUT2D eigenvalue weighted by molar-refractivity contribution is -0.136. The molecule has 2 heterocycles. The number of carbonyl (C=O) groups excluding carboxylic acids is 1. The Bertz CT molecular complexity index is 838. The highest BCUT2D eigenvalue weighted by molar-refractivity contribution is 5.86. The molecule has 168 valence electrons. The molecule has 1 saturated heterocycles. The van der Waals surface area contributed by atoms with Gasteiger partial charge < -0.3 is 24.8 Å². The molecule has 1 aliphatic heterocycles. The Balaban J connectivity index is 1.66. The van der Waals surface area contributed by atoms with Crippen LogP contribution in [0, 0.1) is 0 Å². The second-order valence-corrected chi connectivity index (χ2v) is 7.45. The van der Waals surface area contributed by atoms with Gasteiger partial charge in [-0.25, -0.2) is 0 Å². The maximum absolute atomic E-state index is 13.3. The Morgan fingerprint density at radius 3 is 2.55 bits per heavy atom. The van der Waals surface area contributed by atoms with Gasteiger partial charge >= 0.3 is 0 Å². The molecule has 0 saturated carbocycles. The third-order valence-electron chi connectivity index (χ3n) is 5.56. The van der Waals surface area contributed by atoms with Crippen molar-refractivity contribution < 1.29 is 14.1 Å². The molecule has 2 N–H and O–H groups in total. The minimum Gasteiger partial charge on any atom is -0.378 e. The van der Waals surface area contributed by atoms with Gasteiger partial charge in [0, 0.05) is 45.2 Å². The molecule has 31 heavy (non-hydrogen) atoms. The zero-order valence-corrected chi connectivity index (χ0v) is 18.7. The lowest BCUT2D eigenvalue weighted by Gasteiger charge is -2.31. The van der Waals surface area contributed by atoms with Crippen LogP contribution in [0.25, 0.3) is 0 Å². The minimum atomic E-state index is -0.300. The number of ether oxygens (including phenoxy) is 1. The number of rotatable bonds is 8. The molecule has 1 aromatic carbocycles. The predicted octanol–water partition coefficient (Wildman–Crippen LogP) is 2.11. The zero-order chi connectivity index (χ0) is 22.1. The van der Waals surface area contributed by atoms with E-state index in [4.69, 9.17) is 9.26 Å². The van der Waals surface area contributed by atoms with E-state index in [1.165, 1.54) is 0 Å². The Morgan fingerprint density at radius 2 is 1.90 bits per heavy atom.